The smallest absolute Gasteiger partial charge is 0.271 e. The average molecular weight is 275 g/mol. The van der Waals surface area contributed by atoms with E-state index in [0.717, 1.165) is 16.1 Å². The molecule has 0 unspecified atom stereocenters. The summed E-state index contributed by atoms with van der Waals surface area (Å²) < 4.78 is 1.55. The molecule has 5 heteroatoms. The number of hydrogen-bond acceptors (Lipinski definition) is 4. The molecule has 100 valence electrons. The van der Waals surface area contributed by atoms with Gasteiger partial charge in [-0.1, -0.05) is 6.07 Å². The molecule has 0 aromatic carbocycles. The molecule has 1 aliphatic rings. The van der Waals surface area contributed by atoms with Crippen LogP contribution in [0.2, 0.25) is 0 Å². The SMILES string of the molecule is CCn1nc(-c2cccs2)cc(CNC2CC2)c1=O. The predicted molar refractivity (Wildman–Crippen MR) is 77.3 cm³/mol. The van der Waals surface area contributed by atoms with Gasteiger partial charge in [-0.05, 0) is 37.3 Å². The van der Waals surface area contributed by atoms with Gasteiger partial charge in [0.2, 0.25) is 0 Å². The van der Waals surface area contributed by atoms with Crippen LogP contribution in [0.15, 0.2) is 28.4 Å². The molecular formula is C14H17N3OS. The zero-order valence-corrected chi connectivity index (χ0v) is 11.7. The highest BCUT2D eigenvalue weighted by Gasteiger charge is 2.21. The minimum Gasteiger partial charge on any atom is -0.310 e. The van der Waals surface area contributed by atoms with Gasteiger partial charge in [0.25, 0.3) is 5.56 Å². The first-order chi connectivity index (χ1) is 9.28. The highest BCUT2D eigenvalue weighted by molar-refractivity contribution is 7.13. The molecule has 4 nitrogen and oxygen atoms in total. The van der Waals surface area contributed by atoms with Crippen LogP contribution in [0.25, 0.3) is 10.6 Å². The second-order valence-electron chi connectivity index (χ2n) is 4.81. The number of hydrogen-bond donors (Lipinski definition) is 1. The summed E-state index contributed by atoms with van der Waals surface area (Å²) in [6, 6.07) is 6.57. The minimum atomic E-state index is 0.0240. The van der Waals surface area contributed by atoms with E-state index in [-0.39, 0.29) is 5.56 Å². The Hall–Kier alpha value is -1.46. The molecule has 0 aliphatic heterocycles. The van der Waals surface area contributed by atoms with Gasteiger partial charge >= 0.3 is 0 Å². The van der Waals surface area contributed by atoms with E-state index in [0.29, 0.717) is 19.1 Å². The van der Waals surface area contributed by atoms with Crippen LogP contribution in [0.1, 0.15) is 25.3 Å². The van der Waals surface area contributed by atoms with E-state index in [1.165, 1.54) is 12.8 Å². The van der Waals surface area contributed by atoms with Crippen LogP contribution < -0.4 is 10.9 Å². The number of thiophene rings is 1. The quantitative estimate of drug-likeness (QED) is 0.910. The van der Waals surface area contributed by atoms with Crippen LogP contribution in [0, 0.1) is 0 Å². The van der Waals surface area contributed by atoms with Gasteiger partial charge in [-0.15, -0.1) is 11.3 Å². The first-order valence-electron chi connectivity index (χ1n) is 6.66. The van der Waals surface area contributed by atoms with E-state index in [2.05, 4.69) is 10.4 Å². The van der Waals surface area contributed by atoms with Crippen LogP contribution in [-0.4, -0.2) is 15.8 Å². The van der Waals surface area contributed by atoms with E-state index < -0.39 is 0 Å². The summed E-state index contributed by atoms with van der Waals surface area (Å²) >= 11 is 1.65. The van der Waals surface area contributed by atoms with Crippen molar-refractivity contribution in [3.8, 4) is 10.6 Å². The van der Waals surface area contributed by atoms with E-state index in [9.17, 15) is 4.79 Å². The Kier molecular flexibility index (Phi) is 3.48. The van der Waals surface area contributed by atoms with Crippen molar-refractivity contribution in [1.29, 1.82) is 0 Å². The topological polar surface area (TPSA) is 46.9 Å². The standard InChI is InChI=1S/C14H17N3OS/c1-2-17-14(18)10(9-15-11-5-6-11)8-12(16-17)13-4-3-7-19-13/h3-4,7-8,11,15H,2,5-6,9H2,1H3. The van der Waals surface area contributed by atoms with Crippen molar-refractivity contribution in [2.24, 2.45) is 0 Å². The fourth-order valence-corrected chi connectivity index (χ4v) is 2.71. The second kappa shape index (κ2) is 5.27. The maximum absolute atomic E-state index is 12.2. The van der Waals surface area contributed by atoms with E-state index in [1.54, 1.807) is 16.0 Å². The molecule has 2 aromatic rings. The van der Waals surface area contributed by atoms with Gasteiger partial charge in [0.15, 0.2) is 0 Å². The van der Waals surface area contributed by atoms with E-state index >= 15 is 0 Å². The molecule has 2 heterocycles. The van der Waals surface area contributed by atoms with E-state index in [1.807, 2.05) is 30.5 Å². The van der Waals surface area contributed by atoms with Crippen molar-refractivity contribution >= 4 is 11.3 Å². The van der Waals surface area contributed by atoms with Crippen molar-refractivity contribution < 1.29 is 0 Å². The number of aryl methyl sites for hydroxylation is 1. The summed E-state index contributed by atoms with van der Waals surface area (Å²) in [5, 5.41) is 9.85. The summed E-state index contributed by atoms with van der Waals surface area (Å²) in [5.41, 5.74) is 1.73. The van der Waals surface area contributed by atoms with Crippen molar-refractivity contribution in [3.05, 3.63) is 39.5 Å². The summed E-state index contributed by atoms with van der Waals surface area (Å²) in [6.45, 7) is 3.20. The van der Waals surface area contributed by atoms with Gasteiger partial charge in [-0.25, -0.2) is 4.68 Å². The predicted octanol–water partition coefficient (Wildman–Crippen LogP) is 2.24. The van der Waals surface area contributed by atoms with E-state index in [4.69, 9.17) is 0 Å². The van der Waals surface area contributed by atoms with Crippen LogP contribution in [-0.2, 0) is 13.1 Å². The molecule has 1 aliphatic carbocycles. The number of aromatic nitrogens is 2. The lowest BCUT2D eigenvalue weighted by Gasteiger charge is -2.08. The summed E-state index contributed by atoms with van der Waals surface area (Å²) in [4.78, 5) is 13.3. The lowest BCUT2D eigenvalue weighted by atomic mass is 10.2. The van der Waals surface area contributed by atoms with Crippen LogP contribution in [0.5, 0.6) is 0 Å². The summed E-state index contributed by atoms with van der Waals surface area (Å²) in [7, 11) is 0. The molecule has 2 aromatic heterocycles. The fourth-order valence-electron chi connectivity index (χ4n) is 2.02. The monoisotopic (exact) mass is 275 g/mol. The Morgan fingerprint density at radius 1 is 1.53 bits per heavy atom. The number of nitrogens with zero attached hydrogens (tertiary/aromatic N) is 2. The van der Waals surface area contributed by atoms with Crippen LogP contribution in [0.3, 0.4) is 0 Å². The van der Waals surface area contributed by atoms with Crippen molar-refractivity contribution in [2.75, 3.05) is 0 Å². The average Bonchev–Trinajstić information content (AvgIpc) is 3.09. The van der Waals surface area contributed by atoms with Gasteiger partial charge in [0.1, 0.15) is 5.69 Å². The van der Waals surface area contributed by atoms with Crippen LogP contribution in [0.4, 0.5) is 0 Å². The Balaban J connectivity index is 1.96. The zero-order chi connectivity index (χ0) is 13.2. The highest BCUT2D eigenvalue weighted by atomic mass is 32.1. The molecule has 3 rings (SSSR count). The highest BCUT2D eigenvalue weighted by Crippen LogP contribution is 2.23. The third-order valence-electron chi connectivity index (χ3n) is 3.28. The van der Waals surface area contributed by atoms with Gasteiger partial charge in [-0.2, -0.15) is 5.10 Å². The molecule has 0 atom stereocenters. The third kappa shape index (κ3) is 2.77. The first-order valence-corrected chi connectivity index (χ1v) is 7.54. The lowest BCUT2D eigenvalue weighted by molar-refractivity contribution is 0.596. The van der Waals surface area contributed by atoms with Crippen LogP contribution >= 0.6 is 11.3 Å². The van der Waals surface area contributed by atoms with Crippen molar-refractivity contribution in [1.82, 2.24) is 15.1 Å². The van der Waals surface area contributed by atoms with Gasteiger partial charge < -0.3 is 5.32 Å². The molecule has 1 N–H and O–H groups in total. The molecule has 19 heavy (non-hydrogen) atoms. The maximum Gasteiger partial charge on any atom is 0.271 e. The lowest BCUT2D eigenvalue weighted by Crippen LogP contribution is -2.29. The normalized spacial score (nSPS) is 14.8. The summed E-state index contributed by atoms with van der Waals surface area (Å²) in [5.74, 6) is 0. The molecule has 0 saturated heterocycles. The Morgan fingerprint density at radius 3 is 3.00 bits per heavy atom. The molecular weight excluding hydrogens is 258 g/mol. The summed E-state index contributed by atoms with van der Waals surface area (Å²) in [6.07, 6.45) is 2.45. The third-order valence-corrected chi connectivity index (χ3v) is 4.17. The zero-order valence-electron chi connectivity index (χ0n) is 10.9. The fraction of sp³-hybridized carbons (Fsp3) is 0.429. The molecule has 1 fully saturated rings. The van der Waals surface area contributed by atoms with Gasteiger partial charge in [-0.3, -0.25) is 4.79 Å². The second-order valence-corrected chi connectivity index (χ2v) is 5.76. The van der Waals surface area contributed by atoms with Gasteiger partial charge in [0, 0.05) is 24.7 Å². The number of nitrogens with one attached hydrogen (secondary N) is 1. The minimum absolute atomic E-state index is 0.0240. The van der Waals surface area contributed by atoms with Gasteiger partial charge in [0.05, 0.1) is 4.88 Å². The maximum atomic E-state index is 12.2. The Morgan fingerprint density at radius 2 is 2.37 bits per heavy atom. The first kappa shape index (κ1) is 12.6. The van der Waals surface area contributed by atoms with Crippen molar-refractivity contribution in [3.63, 3.8) is 0 Å². The molecule has 0 bridgehead atoms. The largest absolute Gasteiger partial charge is 0.310 e. The molecule has 1 saturated carbocycles. The molecule has 0 radical (unpaired) electrons. The molecule has 0 spiro atoms. The van der Waals surface area contributed by atoms with Crippen molar-refractivity contribution in [2.45, 2.75) is 38.9 Å². The Bertz CT molecular complexity index is 614. The number of rotatable bonds is 5. The Labute approximate surface area is 116 Å². The molecule has 0 amide bonds.